The Morgan fingerprint density at radius 3 is 2.47 bits per heavy atom. The van der Waals surface area contributed by atoms with Crippen molar-refractivity contribution in [2.24, 2.45) is 0 Å². The summed E-state index contributed by atoms with van der Waals surface area (Å²) in [6.07, 6.45) is 6.48. The van der Waals surface area contributed by atoms with E-state index in [-0.39, 0.29) is 34.0 Å². The first kappa shape index (κ1) is 30.4. The van der Waals surface area contributed by atoms with Crippen LogP contribution in [0, 0.1) is 11.3 Å². The molecule has 3 N–H and O–H groups in total. The van der Waals surface area contributed by atoms with Crippen molar-refractivity contribution >= 4 is 45.4 Å². The minimum absolute atomic E-state index is 0.00273. The summed E-state index contributed by atoms with van der Waals surface area (Å²) in [4.78, 5) is 30.0. The number of nitrogens with zero attached hydrogens (tertiary/aromatic N) is 6. The maximum Gasteiger partial charge on any atom is 0.282 e. The zero-order valence-corrected chi connectivity index (χ0v) is 26.5. The molecule has 4 aromatic heterocycles. The Balaban J connectivity index is 1.27. The van der Waals surface area contributed by atoms with E-state index in [1.165, 1.54) is 29.3 Å². The highest BCUT2D eigenvalue weighted by Crippen LogP contribution is 2.34. The lowest BCUT2D eigenvalue weighted by molar-refractivity contribution is 0.0923. The summed E-state index contributed by atoms with van der Waals surface area (Å²) in [5, 5.41) is 32.7. The van der Waals surface area contributed by atoms with Gasteiger partial charge in [-0.1, -0.05) is 43.9 Å². The summed E-state index contributed by atoms with van der Waals surface area (Å²) in [7, 11) is 0. The average Bonchev–Trinajstić information content (AvgIpc) is 3.60. The van der Waals surface area contributed by atoms with Gasteiger partial charge in [0.1, 0.15) is 6.07 Å². The molecule has 13 heteroatoms. The molecule has 0 radical (unpaired) electrons. The van der Waals surface area contributed by atoms with Gasteiger partial charge in [-0.05, 0) is 63.8 Å². The monoisotopic (exact) mass is 617 g/mol. The third-order valence-corrected chi connectivity index (χ3v) is 8.74. The molecule has 0 unspecified atom stereocenters. The van der Waals surface area contributed by atoms with Gasteiger partial charge in [0.2, 0.25) is 5.01 Å². The molecular formula is C30H35N9O2S2. The van der Waals surface area contributed by atoms with Gasteiger partial charge in [-0.3, -0.25) is 14.6 Å². The average molecular weight is 618 g/mol. The van der Waals surface area contributed by atoms with Gasteiger partial charge in [0.25, 0.3) is 11.1 Å². The fourth-order valence-corrected chi connectivity index (χ4v) is 6.53. The molecule has 4 heterocycles. The van der Waals surface area contributed by atoms with Crippen molar-refractivity contribution in [1.82, 2.24) is 35.4 Å². The number of amides is 2. The summed E-state index contributed by atoms with van der Waals surface area (Å²) >= 11 is 2.53. The Morgan fingerprint density at radius 2 is 1.79 bits per heavy atom. The zero-order valence-electron chi connectivity index (χ0n) is 24.8. The normalized spacial score (nSPS) is 17.0. The van der Waals surface area contributed by atoms with E-state index in [0.29, 0.717) is 21.3 Å². The first-order valence-corrected chi connectivity index (χ1v) is 15.9. The molecule has 4 aromatic rings. The van der Waals surface area contributed by atoms with Crippen LogP contribution in [0.3, 0.4) is 0 Å². The lowest BCUT2D eigenvalue weighted by atomic mass is 9.91. The second-order valence-electron chi connectivity index (χ2n) is 11.9. The molecule has 11 nitrogen and oxygen atoms in total. The highest BCUT2D eigenvalue weighted by Gasteiger charge is 2.27. The predicted molar refractivity (Wildman–Crippen MR) is 170 cm³/mol. The third kappa shape index (κ3) is 7.50. The number of carbonyl (C=O) groups excluding carboxylic acids is 2. The van der Waals surface area contributed by atoms with Crippen molar-refractivity contribution in [2.45, 2.75) is 83.2 Å². The van der Waals surface area contributed by atoms with Crippen LogP contribution in [-0.4, -0.2) is 58.8 Å². The van der Waals surface area contributed by atoms with Crippen LogP contribution in [0.5, 0.6) is 0 Å². The van der Waals surface area contributed by atoms with Crippen LogP contribution in [0.25, 0.3) is 27.5 Å². The molecule has 1 saturated carbocycles. The Morgan fingerprint density at radius 1 is 1.07 bits per heavy atom. The van der Waals surface area contributed by atoms with Crippen LogP contribution in [-0.2, 0) is 0 Å². The molecule has 0 aliphatic heterocycles. The fraction of sp³-hybridized carbons (Fsp3) is 0.433. The molecule has 0 spiro atoms. The molecule has 0 saturated heterocycles. The van der Waals surface area contributed by atoms with Crippen LogP contribution >= 0.6 is 23.1 Å². The summed E-state index contributed by atoms with van der Waals surface area (Å²) in [6, 6.07) is 9.95. The maximum absolute atomic E-state index is 13.1. The van der Waals surface area contributed by atoms with Crippen LogP contribution in [0.1, 0.15) is 75.7 Å². The molecule has 0 bridgehead atoms. The fourth-order valence-electron chi connectivity index (χ4n) is 4.98. The van der Waals surface area contributed by atoms with Gasteiger partial charge in [-0.15, -0.1) is 10.2 Å². The van der Waals surface area contributed by atoms with E-state index in [0.717, 1.165) is 48.1 Å². The number of pyridine rings is 1. The number of fused-ring (bicyclic) bond motifs is 1. The number of carbonyl (C=O) groups is 2. The number of hydrogen-bond acceptors (Lipinski definition) is 10. The molecule has 224 valence electrons. The Hall–Kier alpha value is -4.02. The summed E-state index contributed by atoms with van der Waals surface area (Å²) in [5.74, 6) is -0.245. The van der Waals surface area contributed by atoms with E-state index >= 15 is 0 Å². The maximum atomic E-state index is 13.1. The SMILES string of the molecule is CC(C)Nc1cc(-c2ccc3cc(C#N)cnn23)ncc1-c1nnc(C(=O)NC2CCC(NC(=O)SC(C)(C)C)CC2)s1. The van der Waals surface area contributed by atoms with Gasteiger partial charge >= 0.3 is 0 Å². The number of anilines is 1. The zero-order chi connectivity index (χ0) is 30.7. The van der Waals surface area contributed by atoms with Crippen LogP contribution < -0.4 is 16.0 Å². The first-order chi connectivity index (χ1) is 20.5. The summed E-state index contributed by atoms with van der Waals surface area (Å²) in [5.41, 5.74) is 4.35. The van der Waals surface area contributed by atoms with Crippen LogP contribution in [0.2, 0.25) is 0 Å². The van der Waals surface area contributed by atoms with Gasteiger partial charge in [-0.25, -0.2) is 4.52 Å². The van der Waals surface area contributed by atoms with Crippen molar-refractivity contribution in [1.29, 1.82) is 5.26 Å². The van der Waals surface area contributed by atoms with E-state index in [1.807, 2.05) is 52.8 Å². The van der Waals surface area contributed by atoms with Crippen LogP contribution in [0.4, 0.5) is 10.5 Å². The van der Waals surface area contributed by atoms with Gasteiger partial charge < -0.3 is 16.0 Å². The van der Waals surface area contributed by atoms with Crippen molar-refractivity contribution in [3.05, 3.63) is 47.2 Å². The molecular weight excluding hydrogens is 583 g/mol. The molecule has 1 aliphatic carbocycles. The number of aromatic nitrogens is 5. The third-order valence-electron chi connectivity index (χ3n) is 6.87. The minimum Gasteiger partial charge on any atom is -0.382 e. The number of nitrogens with one attached hydrogen (secondary N) is 3. The molecule has 2 amide bonds. The lowest BCUT2D eigenvalue weighted by Gasteiger charge is -2.30. The minimum atomic E-state index is -0.245. The number of rotatable bonds is 7. The largest absolute Gasteiger partial charge is 0.382 e. The molecule has 1 fully saturated rings. The Bertz CT molecular complexity index is 1670. The van der Waals surface area contributed by atoms with Crippen molar-refractivity contribution < 1.29 is 9.59 Å². The first-order valence-electron chi connectivity index (χ1n) is 14.3. The molecule has 0 aromatic carbocycles. The topological polar surface area (TPSA) is 150 Å². The summed E-state index contributed by atoms with van der Waals surface area (Å²) < 4.78 is 1.63. The highest BCUT2D eigenvalue weighted by molar-refractivity contribution is 8.14. The van der Waals surface area contributed by atoms with Crippen molar-refractivity contribution in [2.75, 3.05) is 5.32 Å². The Labute approximate surface area is 258 Å². The Kier molecular flexibility index (Phi) is 8.98. The highest BCUT2D eigenvalue weighted by atomic mass is 32.2. The molecule has 0 atom stereocenters. The quantitative estimate of drug-likeness (QED) is 0.231. The van der Waals surface area contributed by atoms with E-state index in [9.17, 15) is 14.9 Å². The van der Waals surface area contributed by atoms with Crippen molar-refractivity contribution in [3.8, 4) is 28.0 Å². The standard InChI is InChI=1S/C30H35N9O2S2/c1-17(2)34-23-13-24(25-11-10-21-12-18(14-31)15-33-39(21)25)32-16-22(23)27-37-38-28(42-27)26(40)35-19-6-8-20(9-7-19)36-29(41)43-30(3,4)5/h10-13,15-17,19-20H,6-9H2,1-5H3,(H,32,34)(H,35,40)(H,36,41). The van der Waals surface area contributed by atoms with E-state index in [2.05, 4.69) is 37.3 Å². The summed E-state index contributed by atoms with van der Waals surface area (Å²) in [6.45, 7) is 10.2. The molecule has 43 heavy (non-hydrogen) atoms. The van der Waals surface area contributed by atoms with Gasteiger partial charge in [0.05, 0.1) is 34.2 Å². The number of nitriles is 1. The van der Waals surface area contributed by atoms with Crippen LogP contribution in [0.15, 0.2) is 36.7 Å². The van der Waals surface area contributed by atoms with Gasteiger partial charge in [0.15, 0.2) is 5.01 Å². The second kappa shape index (κ2) is 12.7. The molecule has 1 aliphatic rings. The van der Waals surface area contributed by atoms with Crippen molar-refractivity contribution in [3.63, 3.8) is 0 Å². The van der Waals surface area contributed by atoms with E-state index in [1.54, 1.807) is 16.8 Å². The van der Waals surface area contributed by atoms with Gasteiger partial charge in [-0.2, -0.15) is 10.4 Å². The van der Waals surface area contributed by atoms with E-state index in [4.69, 9.17) is 4.98 Å². The van der Waals surface area contributed by atoms with Gasteiger partial charge in [0, 0.05) is 34.8 Å². The lowest BCUT2D eigenvalue weighted by Crippen LogP contribution is -2.43. The van der Waals surface area contributed by atoms with E-state index < -0.39 is 0 Å². The number of hydrogen-bond donors (Lipinski definition) is 3. The second-order valence-corrected chi connectivity index (χ2v) is 14.7. The predicted octanol–water partition coefficient (Wildman–Crippen LogP) is 5.89. The smallest absolute Gasteiger partial charge is 0.282 e. The number of thioether (sulfide) groups is 1. The molecule has 5 rings (SSSR count).